The molecule has 0 unspecified atom stereocenters. The Hall–Kier alpha value is -3.90. The molecule has 1 fully saturated rings. The van der Waals surface area contributed by atoms with Crippen molar-refractivity contribution in [2.75, 3.05) is 26.2 Å². The Kier molecular flexibility index (Phi) is 8.08. The molecule has 1 aliphatic heterocycles. The van der Waals surface area contributed by atoms with Crippen molar-refractivity contribution in [1.29, 1.82) is 0 Å². The van der Waals surface area contributed by atoms with Gasteiger partial charge in [0.25, 0.3) is 0 Å². The topological polar surface area (TPSA) is 29.5 Å². The smallest absolute Gasteiger partial charge is 0.416 e. The number of fused-ring (bicyclic) bond motifs is 1. The fourth-order valence-corrected chi connectivity index (χ4v) is 5.54. The largest absolute Gasteiger partial charge is 0.462 e. The quantitative estimate of drug-likeness (QED) is 0.172. The van der Waals surface area contributed by atoms with E-state index < -0.39 is 17.7 Å². The standard InChI is InChI=1S/C34H32F3NO2/c1-3-17-38-18-15-25(16-19-38)23-5-7-26(8-6-23)32-22-29(33(39)40-4-2)21-28-20-27(11-14-31(28)32)24-9-12-30(13-10-24)34(35,36)37/h3,5-14,20-22,25H,1,4,15-19H2,2H3. The van der Waals surface area contributed by atoms with Crippen molar-refractivity contribution < 1.29 is 22.7 Å². The molecule has 0 N–H and O–H groups in total. The number of alkyl halides is 3. The van der Waals surface area contributed by atoms with Crippen LogP contribution >= 0.6 is 0 Å². The molecule has 0 aliphatic carbocycles. The number of rotatable bonds is 7. The Morgan fingerprint density at radius 2 is 1.57 bits per heavy atom. The molecule has 1 heterocycles. The minimum Gasteiger partial charge on any atom is -0.462 e. The van der Waals surface area contributed by atoms with E-state index in [2.05, 4.69) is 35.7 Å². The zero-order valence-corrected chi connectivity index (χ0v) is 22.5. The molecule has 4 aromatic carbocycles. The summed E-state index contributed by atoms with van der Waals surface area (Å²) in [7, 11) is 0. The van der Waals surface area contributed by atoms with Gasteiger partial charge in [-0.3, -0.25) is 4.90 Å². The second kappa shape index (κ2) is 11.7. The van der Waals surface area contributed by atoms with E-state index in [9.17, 15) is 18.0 Å². The average Bonchev–Trinajstić information content (AvgIpc) is 2.97. The lowest BCUT2D eigenvalue weighted by Gasteiger charge is -2.31. The lowest BCUT2D eigenvalue weighted by Crippen LogP contribution is -2.32. The lowest BCUT2D eigenvalue weighted by atomic mass is 9.87. The van der Waals surface area contributed by atoms with Gasteiger partial charge in [0.1, 0.15) is 0 Å². The van der Waals surface area contributed by atoms with Crippen LogP contribution in [0.5, 0.6) is 0 Å². The summed E-state index contributed by atoms with van der Waals surface area (Å²) in [6, 6.07) is 23.1. The van der Waals surface area contributed by atoms with Gasteiger partial charge in [-0.15, -0.1) is 6.58 Å². The number of carbonyl (C=O) groups excluding carboxylic acids is 1. The number of hydrogen-bond acceptors (Lipinski definition) is 3. The predicted molar refractivity (Wildman–Crippen MR) is 154 cm³/mol. The van der Waals surface area contributed by atoms with Crippen molar-refractivity contribution in [3.05, 3.63) is 108 Å². The van der Waals surface area contributed by atoms with Gasteiger partial charge in [0.2, 0.25) is 0 Å². The van der Waals surface area contributed by atoms with Crippen LogP contribution in [0, 0.1) is 0 Å². The number of piperidine rings is 1. The third-order valence-electron chi connectivity index (χ3n) is 7.68. The number of nitrogens with zero attached hydrogens (tertiary/aromatic N) is 1. The van der Waals surface area contributed by atoms with Crippen molar-refractivity contribution in [2.24, 2.45) is 0 Å². The molecule has 0 atom stereocenters. The Morgan fingerprint density at radius 3 is 2.20 bits per heavy atom. The summed E-state index contributed by atoms with van der Waals surface area (Å²) in [6.07, 6.45) is -0.206. The van der Waals surface area contributed by atoms with Crippen LogP contribution in [0.25, 0.3) is 33.0 Å². The zero-order valence-electron chi connectivity index (χ0n) is 22.5. The van der Waals surface area contributed by atoms with Gasteiger partial charge >= 0.3 is 12.1 Å². The zero-order chi connectivity index (χ0) is 28.3. The molecule has 6 heteroatoms. The fourth-order valence-electron chi connectivity index (χ4n) is 5.54. The molecule has 3 nitrogen and oxygen atoms in total. The van der Waals surface area contributed by atoms with E-state index >= 15 is 0 Å². The van der Waals surface area contributed by atoms with Crippen LogP contribution < -0.4 is 0 Å². The highest BCUT2D eigenvalue weighted by molar-refractivity contribution is 6.04. The molecule has 1 aliphatic rings. The third-order valence-corrected chi connectivity index (χ3v) is 7.68. The van der Waals surface area contributed by atoms with Gasteiger partial charge < -0.3 is 4.74 Å². The third kappa shape index (κ3) is 5.97. The van der Waals surface area contributed by atoms with E-state index in [0.29, 0.717) is 17.0 Å². The number of likely N-dealkylation sites (tertiary alicyclic amines) is 1. The molecule has 4 aromatic rings. The summed E-state index contributed by atoms with van der Waals surface area (Å²) < 4.78 is 44.4. The second-order valence-corrected chi connectivity index (χ2v) is 10.2. The maximum Gasteiger partial charge on any atom is 0.416 e. The normalized spacial score (nSPS) is 14.8. The van der Waals surface area contributed by atoms with Crippen LogP contribution in [0.1, 0.15) is 47.2 Å². The van der Waals surface area contributed by atoms with Crippen molar-refractivity contribution in [1.82, 2.24) is 4.90 Å². The van der Waals surface area contributed by atoms with E-state index in [1.807, 2.05) is 30.3 Å². The van der Waals surface area contributed by atoms with Gasteiger partial charge in [0, 0.05) is 6.54 Å². The van der Waals surface area contributed by atoms with Gasteiger partial charge in [-0.05, 0) is 108 Å². The monoisotopic (exact) mass is 543 g/mol. The molecule has 40 heavy (non-hydrogen) atoms. The van der Waals surface area contributed by atoms with Crippen LogP contribution in [-0.2, 0) is 10.9 Å². The minimum absolute atomic E-state index is 0.262. The summed E-state index contributed by atoms with van der Waals surface area (Å²) in [4.78, 5) is 15.2. The highest BCUT2D eigenvalue weighted by Crippen LogP contribution is 2.36. The molecule has 0 radical (unpaired) electrons. The Labute approximate surface area is 232 Å². The highest BCUT2D eigenvalue weighted by atomic mass is 19.4. The Morgan fingerprint density at radius 1 is 0.925 bits per heavy atom. The van der Waals surface area contributed by atoms with Gasteiger partial charge in [-0.25, -0.2) is 4.79 Å². The van der Waals surface area contributed by atoms with Crippen LogP contribution in [-0.4, -0.2) is 37.1 Å². The first-order valence-corrected chi connectivity index (χ1v) is 13.6. The highest BCUT2D eigenvalue weighted by Gasteiger charge is 2.30. The molecule has 0 amide bonds. The summed E-state index contributed by atoms with van der Waals surface area (Å²) in [6.45, 7) is 8.92. The number of halogens is 3. The van der Waals surface area contributed by atoms with Crippen LogP contribution in [0.3, 0.4) is 0 Å². The number of esters is 1. The fraction of sp³-hybridized carbons (Fsp3) is 0.265. The van der Waals surface area contributed by atoms with Gasteiger partial charge in [0.05, 0.1) is 17.7 Å². The number of hydrogen-bond donors (Lipinski definition) is 0. The number of carbonyl (C=O) groups is 1. The first-order valence-electron chi connectivity index (χ1n) is 13.6. The van der Waals surface area contributed by atoms with E-state index in [1.165, 1.54) is 17.7 Å². The second-order valence-electron chi connectivity index (χ2n) is 10.2. The van der Waals surface area contributed by atoms with Crippen molar-refractivity contribution in [3.63, 3.8) is 0 Å². The van der Waals surface area contributed by atoms with Crippen LogP contribution in [0.4, 0.5) is 13.2 Å². The maximum absolute atomic E-state index is 13.0. The summed E-state index contributed by atoms with van der Waals surface area (Å²) >= 11 is 0. The molecular formula is C34H32F3NO2. The van der Waals surface area contributed by atoms with E-state index in [-0.39, 0.29) is 6.61 Å². The number of benzene rings is 4. The molecule has 206 valence electrons. The van der Waals surface area contributed by atoms with Gasteiger partial charge in [0.15, 0.2) is 0 Å². The molecule has 0 saturated carbocycles. The maximum atomic E-state index is 13.0. The molecule has 0 aromatic heterocycles. The Bertz CT molecular complexity index is 1500. The lowest BCUT2D eigenvalue weighted by molar-refractivity contribution is -0.137. The molecule has 0 bridgehead atoms. The van der Waals surface area contributed by atoms with Gasteiger partial charge in [-0.1, -0.05) is 54.6 Å². The summed E-state index contributed by atoms with van der Waals surface area (Å²) in [5, 5.41) is 1.77. The average molecular weight is 544 g/mol. The van der Waals surface area contributed by atoms with Crippen molar-refractivity contribution >= 4 is 16.7 Å². The van der Waals surface area contributed by atoms with Crippen LogP contribution in [0.2, 0.25) is 0 Å². The molecule has 0 spiro atoms. The van der Waals surface area contributed by atoms with E-state index in [0.717, 1.165) is 72.1 Å². The van der Waals surface area contributed by atoms with Crippen molar-refractivity contribution in [2.45, 2.75) is 31.9 Å². The SMILES string of the molecule is C=CCN1CCC(c2ccc(-c3cc(C(=O)OCC)cc4cc(-c5ccc(C(F)(F)F)cc5)ccc34)cc2)CC1. The molecule has 5 rings (SSSR count). The number of ether oxygens (including phenoxy) is 1. The van der Waals surface area contributed by atoms with E-state index in [1.54, 1.807) is 13.0 Å². The Balaban J connectivity index is 1.49. The van der Waals surface area contributed by atoms with Crippen molar-refractivity contribution in [3.8, 4) is 22.3 Å². The molecular weight excluding hydrogens is 511 g/mol. The van der Waals surface area contributed by atoms with Crippen LogP contribution in [0.15, 0.2) is 91.5 Å². The minimum atomic E-state index is -4.39. The summed E-state index contributed by atoms with van der Waals surface area (Å²) in [5.41, 5.74) is 4.41. The summed E-state index contributed by atoms with van der Waals surface area (Å²) in [5.74, 6) is 0.109. The predicted octanol–water partition coefficient (Wildman–Crippen LogP) is 8.73. The first kappa shape index (κ1) is 27.7. The molecule has 1 saturated heterocycles. The first-order chi connectivity index (χ1) is 19.3. The van der Waals surface area contributed by atoms with E-state index in [4.69, 9.17) is 4.74 Å². The van der Waals surface area contributed by atoms with Gasteiger partial charge in [-0.2, -0.15) is 13.2 Å².